The zero-order valence-electron chi connectivity index (χ0n) is 15.4. The molecular formula is C20H32N2O3. The van der Waals surface area contributed by atoms with Crippen molar-refractivity contribution in [3.8, 4) is 0 Å². The number of likely N-dealkylation sites (tertiary alicyclic amines) is 1. The second-order valence-corrected chi connectivity index (χ2v) is 7.10. The van der Waals surface area contributed by atoms with Crippen LogP contribution in [0.1, 0.15) is 45.1 Å². The van der Waals surface area contributed by atoms with Crippen molar-refractivity contribution in [3.05, 3.63) is 35.9 Å². The molecule has 5 nitrogen and oxygen atoms in total. The molecule has 0 spiro atoms. The summed E-state index contributed by atoms with van der Waals surface area (Å²) in [6, 6.07) is 10.3. The fraction of sp³-hybridized carbons (Fsp3) is 0.650. The van der Waals surface area contributed by atoms with Crippen molar-refractivity contribution in [2.45, 2.75) is 63.7 Å². The molecule has 5 heteroatoms. The number of nitrogens with zero attached hydrogens (tertiary/aromatic N) is 1. The molecular weight excluding hydrogens is 316 g/mol. The maximum atomic E-state index is 12.5. The summed E-state index contributed by atoms with van der Waals surface area (Å²) < 4.78 is 0. The van der Waals surface area contributed by atoms with E-state index in [0.717, 1.165) is 18.4 Å². The summed E-state index contributed by atoms with van der Waals surface area (Å²) >= 11 is 0. The second kappa shape index (κ2) is 9.32. The van der Waals surface area contributed by atoms with Crippen molar-refractivity contribution >= 4 is 5.91 Å². The van der Waals surface area contributed by atoms with E-state index in [9.17, 15) is 15.0 Å². The van der Waals surface area contributed by atoms with Crippen LogP contribution in [0.4, 0.5) is 0 Å². The molecule has 0 aliphatic carbocycles. The van der Waals surface area contributed by atoms with Crippen LogP contribution in [0.3, 0.4) is 0 Å². The van der Waals surface area contributed by atoms with Crippen LogP contribution >= 0.6 is 0 Å². The predicted molar refractivity (Wildman–Crippen MR) is 99.3 cm³/mol. The normalized spacial score (nSPS) is 23.9. The second-order valence-electron chi connectivity index (χ2n) is 7.10. The minimum Gasteiger partial charge on any atom is -0.390 e. The highest BCUT2D eigenvalue weighted by atomic mass is 16.3. The highest BCUT2D eigenvalue weighted by molar-refractivity contribution is 5.76. The predicted octanol–water partition coefficient (Wildman–Crippen LogP) is 1.72. The smallest absolute Gasteiger partial charge is 0.223 e. The Morgan fingerprint density at radius 1 is 1.32 bits per heavy atom. The van der Waals surface area contributed by atoms with Crippen LogP contribution in [0.5, 0.6) is 0 Å². The minimum atomic E-state index is -1.27. The van der Waals surface area contributed by atoms with Crippen molar-refractivity contribution in [3.63, 3.8) is 0 Å². The summed E-state index contributed by atoms with van der Waals surface area (Å²) in [5.41, 5.74) is -0.137. The number of rotatable bonds is 8. The topological polar surface area (TPSA) is 72.8 Å². The number of aryl methyl sites for hydroxylation is 1. The lowest BCUT2D eigenvalue weighted by atomic mass is 9.88. The molecule has 1 amide bonds. The van der Waals surface area contributed by atoms with E-state index in [4.69, 9.17) is 0 Å². The van der Waals surface area contributed by atoms with E-state index in [1.165, 1.54) is 0 Å². The zero-order valence-corrected chi connectivity index (χ0v) is 15.4. The fourth-order valence-electron chi connectivity index (χ4n) is 3.40. The Morgan fingerprint density at radius 2 is 2.00 bits per heavy atom. The SMILES string of the molecule is CCC(CC)NC[C@@]1(O)CN(C(=O)CCc2ccccc2)CC[C@@H]1O. The van der Waals surface area contributed by atoms with E-state index < -0.39 is 11.7 Å². The van der Waals surface area contributed by atoms with Crippen molar-refractivity contribution in [2.75, 3.05) is 19.6 Å². The molecule has 1 aliphatic heterocycles. The number of benzene rings is 1. The average molecular weight is 348 g/mol. The first-order chi connectivity index (χ1) is 12.0. The molecule has 0 unspecified atom stereocenters. The third-order valence-corrected chi connectivity index (χ3v) is 5.26. The van der Waals surface area contributed by atoms with Crippen LogP contribution in [0.15, 0.2) is 30.3 Å². The van der Waals surface area contributed by atoms with Gasteiger partial charge in [-0.3, -0.25) is 4.79 Å². The molecule has 1 fully saturated rings. The summed E-state index contributed by atoms with van der Waals surface area (Å²) in [7, 11) is 0. The minimum absolute atomic E-state index is 0.0386. The van der Waals surface area contributed by atoms with Crippen LogP contribution in [0.2, 0.25) is 0 Å². The molecule has 1 aromatic carbocycles. The Bertz CT molecular complexity index is 533. The van der Waals surface area contributed by atoms with Gasteiger partial charge in [0.15, 0.2) is 0 Å². The standard InChI is InChI=1S/C20H32N2O3/c1-3-17(4-2)21-14-20(25)15-22(13-12-18(20)23)19(24)11-10-16-8-6-5-7-9-16/h5-9,17-18,21,23,25H,3-4,10-15H2,1-2H3/t18-,20+/m0/s1. The maximum Gasteiger partial charge on any atom is 0.223 e. The molecule has 0 saturated carbocycles. The number of hydrogen-bond donors (Lipinski definition) is 3. The van der Waals surface area contributed by atoms with Gasteiger partial charge in [0.2, 0.25) is 5.91 Å². The van der Waals surface area contributed by atoms with Gasteiger partial charge in [0, 0.05) is 25.6 Å². The molecule has 0 aromatic heterocycles. The number of piperidine rings is 1. The van der Waals surface area contributed by atoms with Crippen LogP contribution in [-0.2, 0) is 11.2 Å². The molecule has 3 N–H and O–H groups in total. The number of nitrogens with one attached hydrogen (secondary N) is 1. The van der Waals surface area contributed by atoms with Crippen molar-refractivity contribution in [1.29, 1.82) is 0 Å². The maximum absolute atomic E-state index is 12.5. The summed E-state index contributed by atoms with van der Waals surface area (Å²) in [5, 5.41) is 24.5. The third kappa shape index (κ3) is 5.53. The van der Waals surface area contributed by atoms with Crippen molar-refractivity contribution in [2.24, 2.45) is 0 Å². The van der Waals surface area contributed by atoms with Gasteiger partial charge in [0.05, 0.1) is 12.6 Å². The van der Waals surface area contributed by atoms with E-state index in [2.05, 4.69) is 19.2 Å². The molecule has 0 bridgehead atoms. The van der Waals surface area contributed by atoms with E-state index in [0.29, 0.717) is 38.4 Å². The summed E-state index contributed by atoms with van der Waals surface area (Å²) in [6.45, 7) is 5.20. The Balaban J connectivity index is 1.90. The first-order valence-corrected chi connectivity index (χ1v) is 9.44. The van der Waals surface area contributed by atoms with Gasteiger partial charge in [-0.2, -0.15) is 0 Å². The van der Waals surface area contributed by atoms with Crippen LogP contribution in [0, 0.1) is 0 Å². The first kappa shape index (κ1) is 19.9. The fourth-order valence-corrected chi connectivity index (χ4v) is 3.40. The number of aliphatic hydroxyl groups excluding tert-OH is 1. The quantitative estimate of drug-likeness (QED) is 0.669. The molecule has 2 rings (SSSR count). The lowest BCUT2D eigenvalue weighted by Crippen LogP contribution is -2.63. The van der Waals surface area contributed by atoms with E-state index >= 15 is 0 Å². The van der Waals surface area contributed by atoms with Gasteiger partial charge in [-0.15, -0.1) is 0 Å². The molecule has 0 radical (unpaired) electrons. The lowest BCUT2D eigenvalue weighted by molar-refractivity contribution is -0.151. The molecule has 25 heavy (non-hydrogen) atoms. The molecule has 140 valence electrons. The van der Waals surface area contributed by atoms with E-state index in [-0.39, 0.29) is 12.5 Å². The van der Waals surface area contributed by atoms with Gasteiger partial charge in [-0.05, 0) is 31.2 Å². The van der Waals surface area contributed by atoms with E-state index in [1.54, 1.807) is 4.90 Å². The highest BCUT2D eigenvalue weighted by Gasteiger charge is 2.42. The average Bonchev–Trinajstić information content (AvgIpc) is 2.64. The van der Waals surface area contributed by atoms with Crippen LogP contribution in [-0.4, -0.2) is 58.4 Å². The Morgan fingerprint density at radius 3 is 2.64 bits per heavy atom. The van der Waals surface area contributed by atoms with Gasteiger partial charge in [0.25, 0.3) is 0 Å². The van der Waals surface area contributed by atoms with Crippen molar-refractivity contribution < 1.29 is 15.0 Å². The lowest BCUT2D eigenvalue weighted by Gasteiger charge is -2.43. The Labute approximate surface area is 151 Å². The van der Waals surface area contributed by atoms with Gasteiger partial charge in [-0.1, -0.05) is 44.2 Å². The molecule has 1 aliphatic rings. The summed E-state index contributed by atoms with van der Waals surface area (Å²) in [4.78, 5) is 14.2. The number of β-amino-alcohol motifs (C(OH)–C–C–N with tert-alkyl or cyclic N) is 1. The van der Waals surface area contributed by atoms with E-state index in [1.807, 2.05) is 30.3 Å². The molecule has 2 atom stereocenters. The van der Waals surface area contributed by atoms with Gasteiger partial charge in [0.1, 0.15) is 5.60 Å². The number of carbonyl (C=O) groups excluding carboxylic acids is 1. The van der Waals surface area contributed by atoms with Crippen LogP contribution in [0.25, 0.3) is 0 Å². The largest absolute Gasteiger partial charge is 0.390 e. The number of amides is 1. The molecule has 1 aromatic rings. The van der Waals surface area contributed by atoms with Gasteiger partial charge in [-0.25, -0.2) is 0 Å². The highest BCUT2D eigenvalue weighted by Crippen LogP contribution is 2.23. The number of aliphatic hydroxyl groups is 2. The Kier molecular flexibility index (Phi) is 7.41. The van der Waals surface area contributed by atoms with Gasteiger partial charge >= 0.3 is 0 Å². The van der Waals surface area contributed by atoms with Gasteiger partial charge < -0.3 is 20.4 Å². The molecule has 1 saturated heterocycles. The monoisotopic (exact) mass is 348 g/mol. The summed E-state index contributed by atoms with van der Waals surface area (Å²) in [6.07, 6.45) is 2.69. The Hall–Kier alpha value is -1.43. The third-order valence-electron chi connectivity index (χ3n) is 5.26. The molecule has 1 heterocycles. The number of hydrogen-bond acceptors (Lipinski definition) is 4. The zero-order chi connectivity index (χ0) is 18.3. The number of carbonyl (C=O) groups is 1. The van der Waals surface area contributed by atoms with Crippen molar-refractivity contribution in [1.82, 2.24) is 10.2 Å². The first-order valence-electron chi connectivity index (χ1n) is 9.44. The van der Waals surface area contributed by atoms with Crippen LogP contribution < -0.4 is 5.32 Å². The summed E-state index contributed by atoms with van der Waals surface area (Å²) in [5.74, 6) is 0.0386.